The van der Waals surface area contributed by atoms with Gasteiger partial charge >= 0.3 is 0 Å². The van der Waals surface area contributed by atoms with E-state index in [-0.39, 0.29) is 22.8 Å². The lowest BCUT2D eigenvalue weighted by Crippen LogP contribution is -2.24. The van der Waals surface area contributed by atoms with E-state index in [1.165, 1.54) is 5.57 Å². The van der Waals surface area contributed by atoms with Gasteiger partial charge in [-0.3, -0.25) is 4.79 Å². The van der Waals surface area contributed by atoms with Gasteiger partial charge in [0.2, 0.25) is 0 Å². The van der Waals surface area contributed by atoms with Gasteiger partial charge in [0, 0.05) is 24.7 Å². The lowest BCUT2D eigenvalue weighted by molar-refractivity contribution is -0.128. The van der Waals surface area contributed by atoms with Crippen LogP contribution in [0.2, 0.25) is 0 Å². The average molecular weight is 294 g/mol. The van der Waals surface area contributed by atoms with E-state index >= 15 is 0 Å². The van der Waals surface area contributed by atoms with Gasteiger partial charge in [-0.1, -0.05) is 25.5 Å². The predicted octanol–water partition coefficient (Wildman–Crippen LogP) is 4.44. The minimum Gasteiger partial charge on any atom is -0.300 e. The highest BCUT2D eigenvalue weighted by Gasteiger charge is 2.26. The van der Waals surface area contributed by atoms with E-state index in [4.69, 9.17) is 0 Å². The number of carbonyl (C=O) groups excluding carboxylic acids is 3. The van der Waals surface area contributed by atoms with E-state index in [1.807, 2.05) is 20.8 Å². The molecule has 0 heterocycles. The summed E-state index contributed by atoms with van der Waals surface area (Å²) in [4.78, 5) is 34.1. The summed E-state index contributed by atoms with van der Waals surface area (Å²) < 4.78 is 0. The molecule has 0 aliphatic heterocycles. The number of hydrogen-bond acceptors (Lipinski definition) is 3. The minimum atomic E-state index is -0.352. The summed E-state index contributed by atoms with van der Waals surface area (Å²) in [6.07, 6.45) is 6.78. The van der Waals surface area contributed by atoms with Crippen molar-refractivity contribution in [3.05, 3.63) is 11.6 Å². The van der Waals surface area contributed by atoms with Crippen LogP contribution in [0.4, 0.5) is 0 Å². The Kier molecular flexibility index (Phi) is 9.07. The third kappa shape index (κ3) is 10.2. The van der Waals surface area contributed by atoms with Crippen LogP contribution in [0, 0.1) is 5.41 Å². The molecule has 0 aliphatic rings. The Labute approximate surface area is 129 Å². The van der Waals surface area contributed by atoms with E-state index in [0.29, 0.717) is 19.3 Å². The molecular formula is C18H30O3. The molecule has 0 amide bonds. The number of carbonyl (C=O) groups is 3. The highest BCUT2D eigenvalue weighted by Crippen LogP contribution is 2.27. The summed E-state index contributed by atoms with van der Waals surface area (Å²) in [6, 6.07) is 0. The predicted molar refractivity (Wildman–Crippen MR) is 86.2 cm³/mol. The zero-order valence-electron chi connectivity index (χ0n) is 14.3. The van der Waals surface area contributed by atoms with Gasteiger partial charge in [-0.2, -0.15) is 0 Å². The summed E-state index contributed by atoms with van der Waals surface area (Å²) in [5, 5.41) is 0. The summed E-state index contributed by atoms with van der Waals surface area (Å²) in [7, 11) is 0. The minimum absolute atomic E-state index is 0.183. The number of rotatable bonds is 11. The summed E-state index contributed by atoms with van der Waals surface area (Å²) in [5.41, 5.74) is 0.818. The fraction of sp³-hybridized carbons (Fsp3) is 0.722. The summed E-state index contributed by atoms with van der Waals surface area (Å²) in [5.74, 6) is 0.634. The number of allylic oxidation sites excluding steroid dienone is 2. The lowest BCUT2D eigenvalue weighted by atomic mass is 9.80. The highest BCUT2D eigenvalue weighted by atomic mass is 16.1. The van der Waals surface area contributed by atoms with Gasteiger partial charge < -0.3 is 9.59 Å². The largest absolute Gasteiger partial charge is 0.300 e. The topological polar surface area (TPSA) is 51.2 Å². The van der Waals surface area contributed by atoms with Crippen molar-refractivity contribution in [3.63, 3.8) is 0 Å². The summed E-state index contributed by atoms with van der Waals surface area (Å²) in [6.45, 7) is 9.12. The molecule has 0 saturated heterocycles. The van der Waals surface area contributed by atoms with Crippen LogP contribution in [0.5, 0.6) is 0 Å². The molecule has 0 N–H and O–H groups in total. The van der Waals surface area contributed by atoms with Crippen LogP contribution >= 0.6 is 0 Å². The Morgan fingerprint density at radius 3 is 1.95 bits per heavy atom. The van der Waals surface area contributed by atoms with Crippen molar-refractivity contribution in [2.24, 2.45) is 5.41 Å². The molecule has 0 fully saturated rings. The van der Waals surface area contributed by atoms with Crippen LogP contribution in [-0.4, -0.2) is 17.3 Å². The second kappa shape index (κ2) is 9.64. The Morgan fingerprint density at radius 1 is 0.857 bits per heavy atom. The Bertz CT molecular complexity index is 403. The molecule has 0 aromatic rings. The molecule has 3 heteroatoms. The van der Waals surface area contributed by atoms with Gasteiger partial charge in [0.05, 0.1) is 0 Å². The monoisotopic (exact) mass is 294 g/mol. The zero-order chi connectivity index (χ0) is 16.5. The molecule has 0 radical (unpaired) electrons. The molecule has 0 aliphatic carbocycles. The molecule has 3 nitrogen and oxygen atoms in total. The standard InChI is InChI=1S/C18H30O3/c1-14(8-6-9-15(2)19)11-12-17(21)18(4,5)13-7-10-16(3)20/h8H,6-7,9-13H2,1-5H3/b14-8+. The van der Waals surface area contributed by atoms with Gasteiger partial charge in [-0.05, 0) is 46.5 Å². The molecule has 120 valence electrons. The van der Waals surface area contributed by atoms with Crippen molar-refractivity contribution >= 4 is 17.3 Å². The van der Waals surface area contributed by atoms with Crippen LogP contribution < -0.4 is 0 Å². The van der Waals surface area contributed by atoms with Gasteiger partial charge in [0.25, 0.3) is 0 Å². The van der Waals surface area contributed by atoms with Gasteiger partial charge in [0.1, 0.15) is 17.3 Å². The average Bonchev–Trinajstić information content (AvgIpc) is 2.34. The molecule has 0 atom stereocenters. The van der Waals surface area contributed by atoms with Crippen LogP contribution in [0.15, 0.2) is 11.6 Å². The maximum absolute atomic E-state index is 12.3. The molecule has 0 saturated carbocycles. The molecule has 0 rings (SSSR count). The van der Waals surface area contributed by atoms with E-state index in [9.17, 15) is 14.4 Å². The first kappa shape index (κ1) is 19.8. The van der Waals surface area contributed by atoms with Crippen molar-refractivity contribution < 1.29 is 14.4 Å². The van der Waals surface area contributed by atoms with Crippen LogP contribution in [0.1, 0.15) is 79.6 Å². The van der Waals surface area contributed by atoms with Gasteiger partial charge in [-0.15, -0.1) is 0 Å². The Morgan fingerprint density at radius 2 is 1.43 bits per heavy atom. The van der Waals surface area contributed by atoms with E-state index in [2.05, 4.69) is 6.08 Å². The second-order valence-corrected chi connectivity index (χ2v) is 6.65. The summed E-state index contributed by atoms with van der Waals surface area (Å²) >= 11 is 0. The third-order valence-corrected chi connectivity index (χ3v) is 3.82. The van der Waals surface area contributed by atoms with E-state index < -0.39 is 0 Å². The third-order valence-electron chi connectivity index (χ3n) is 3.82. The quantitative estimate of drug-likeness (QED) is 0.529. The van der Waals surface area contributed by atoms with Crippen LogP contribution in [0.25, 0.3) is 0 Å². The van der Waals surface area contributed by atoms with Crippen LogP contribution in [0.3, 0.4) is 0 Å². The molecule has 0 aromatic carbocycles. The maximum Gasteiger partial charge on any atom is 0.138 e. The molecule has 21 heavy (non-hydrogen) atoms. The van der Waals surface area contributed by atoms with Crippen molar-refractivity contribution in [1.29, 1.82) is 0 Å². The molecule has 0 spiro atoms. The molecule has 0 bridgehead atoms. The number of hydrogen-bond donors (Lipinski definition) is 0. The van der Waals surface area contributed by atoms with Crippen LogP contribution in [-0.2, 0) is 14.4 Å². The Balaban J connectivity index is 4.15. The lowest BCUT2D eigenvalue weighted by Gasteiger charge is -2.23. The highest BCUT2D eigenvalue weighted by molar-refractivity contribution is 5.84. The first-order chi connectivity index (χ1) is 9.65. The first-order valence-electron chi connectivity index (χ1n) is 7.83. The fourth-order valence-electron chi connectivity index (χ4n) is 2.19. The van der Waals surface area contributed by atoms with Gasteiger partial charge in [-0.25, -0.2) is 0 Å². The van der Waals surface area contributed by atoms with E-state index in [0.717, 1.165) is 25.7 Å². The number of Topliss-reactive ketones (excluding diaryl/α,β-unsaturated/α-hetero) is 3. The molecule has 0 aromatic heterocycles. The molecular weight excluding hydrogens is 264 g/mol. The fourth-order valence-corrected chi connectivity index (χ4v) is 2.19. The van der Waals surface area contributed by atoms with Crippen molar-refractivity contribution in [2.75, 3.05) is 0 Å². The van der Waals surface area contributed by atoms with Crippen molar-refractivity contribution in [3.8, 4) is 0 Å². The zero-order valence-corrected chi connectivity index (χ0v) is 14.3. The smallest absolute Gasteiger partial charge is 0.138 e. The van der Waals surface area contributed by atoms with Crippen molar-refractivity contribution in [2.45, 2.75) is 79.6 Å². The first-order valence-corrected chi connectivity index (χ1v) is 7.83. The Hall–Kier alpha value is -1.25. The SMILES string of the molecule is CC(=O)CC/C=C(\C)CCC(=O)C(C)(C)CCCC(C)=O. The second-order valence-electron chi connectivity index (χ2n) is 6.65. The van der Waals surface area contributed by atoms with Crippen molar-refractivity contribution in [1.82, 2.24) is 0 Å². The maximum atomic E-state index is 12.3. The normalized spacial score (nSPS) is 12.3. The van der Waals surface area contributed by atoms with E-state index in [1.54, 1.807) is 13.8 Å². The number of ketones is 3. The molecule has 0 unspecified atom stereocenters. The van der Waals surface area contributed by atoms with Gasteiger partial charge in [0.15, 0.2) is 0 Å².